The van der Waals surface area contributed by atoms with Crippen LogP contribution in [-0.4, -0.2) is 18.1 Å². The van der Waals surface area contributed by atoms with Gasteiger partial charge in [0.05, 0.1) is 3.79 Å². The van der Waals surface area contributed by atoms with Crippen molar-refractivity contribution in [2.75, 3.05) is 0 Å². The maximum absolute atomic E-state index is 11.1. The van der Waals surface area contributed by atoms with Gasteiger partial charge in [0, 0.05) is 24.6 Å². The van der Waals surface area contributed by atoms with Gasteiger partial charge in [-0.3, -0.25) is 9.59 Å². The fraction of sp³-hybridized carbons (Fsp3) is 0.538. The topological polar surface area (TPSA) is 55.4 Å². The highest BCUT2D eigenvalue weighted by Gasteiger charge is 2.21. The first-order valence-corrected chi connectivity index (χ1v) is 7.68. The number of esters is 1. The minimum absolute atomic E-state index is 0.0636. The Hall–Kier alpha value is -0.880. The molecule has 1 N–H and O–H groups in total. The van der Waals surface area contributed by atoms with E-state index in [4.69, 9.17) is 4.74 Å². The van der Waals surface area contributed by atoms with Crippen molar-refractivity contribution >= 4 is 39.1 Å². The van der Waals surface area contributed by atoms with Crippen LogP contribution in [0.4, 0.5) is 0 Å². The Morgan fingerprint density at radius 2 is 2.11 bits per heavy atom. The van der Waals surface area contributed by atoms with Crippen LogP contribution in [0, 0.1) is 5.92 Å². The van der Waals surface area contributed by atoms with Crippen LogP contribution in [0.2, 0.25) is 0 Å². The van der Waals surface area contributed by atoms with Crippen molar-refractivity contribution in [2.24, 2.45) is 5.92 Å². The van der Waals surface area contributed by atoms with Gasteiger partial charge in [-0.15, -0.1) is 11.3 Å². The number of thiophene rings is 1. The molecule has 6 heteroatoms. The predicted molar refractivity (Wildman–Crippen MR) is 78.9 cm³/mol. The second-order valence-electron chi connectivity index (χ2n) is 4.45. The van der Waals surface area contributed by atoms with Crippen molar-refractivity contribution in [3.05, 3.63) is 20.8 Å². The first kappa shape index (κ1) is 16.2. The van der Waals surface area contributed by atoms with Crippen LogP contribution >= 0.6 is 27.3 Å². The lowest BCUT2D eigenvalue weighted by molar-refractivity contribution is -0.152. The summed E-state index contributed by atoms with van der Waals surface area (Å²) in [7, 11) is 0. The number of aryl methyl sites for hydroxylation is 1. The minimum atomic E-state index is -0.557. The molecule has 0 radical (unpaired) electrons. The fourth-order valence-electron chi connectivity index (χ4n) is 1.67. The number of hydrogen-bond donors (Lipinski definition) is 1. The second-order valence-corrected chi connectivity index (χ2v) is 7.00. The summed E-state index contributed by atoms with van der Waals surface area (Å²) < 4.78 is 6.24. The van der Waals surface area contributed by atoms with E-state index < -0.39 is 6.23 Å². The van der Waals surface area contributed by atoms with Gasteiger partial charge in [0.2, 0.25) is 5.91 Å². The molecule has 0 spiro atoms. The quantitative estimate of drug-likeness (QED) is 0.635. The van der Waals surface area contributed by atoms with Gasteiger partial charge >= 0.3 is 5.97 Å². The summed E-state index contributed by atoms with van der Waals surface area (Å²) in [5.74, 6) is -0.518. The molecule has 1 amide bonds. The number of halogens is 1. The molecule has 1 aromatic rings. The van der Waals surface area contributed by atoms with Crippen molar-refractivity contribution in [3.8, 4) is 0 Å². The molecule has 0 saturated carbocycles. The van der Waals surface area contributed by atoms with Crippen LogP contribution in [0.5, 0.6) is 0 Å². The maximum atomic E-state index is 11.1. The van der Waals surface area contributed by atoms with Crippen molar-refractivity contribution in [1.82, 2.24) is 5.32 Å². The average molecular weight is 348 g/mol. The summed E-state index contributed by atoms with van der Waals surface area (Å²) in [6.45, 7) is 4.73. The summed E-state index contributed by atoms with van der Waals surface area (Å²) >= 11 is 5.12. The number of hydrogen-bond acceptors (Lipinski definition) is 4. The molecule has 1 rings (SSSR count). The van der Waals surface area contributed by atoms with Gasteiger partial charge in [0.15, 0.2) is 6.23 Å². The number of carbonyl (C=O) groups is 2. The van der Waals surface area contributed by atoms with E-state index in [-0.39, 0.29) is 17.8 Å². The highest BCUT2D eigenvalue weighted by molar-refractivity contribution is 9.11. The Labute approximate surface area is 125 Å². The molecule has 19 heavy (non-hydrogen) atoms. The van der Waals surface area contributed by atoms with Gasteiger partial charge in [0.1, 0.15) is 0 Å². The van der Waals surface area contributed by atoms with Gasteiger partial charge in [-0.1, -0.05) is 6.92 Å². The van der Waals surface area contributed by atoms with Crippen molar-refractivity contribution in [2.45, 2.75) is 39.8 Å². The molecule has 1 aromatic heterocycles. The van der Waals surface area contributed by atoms with E-state index in [1.807, 2.05) is 13.0 Å². The number of carbonyl (C=O) groups excluding carboxylic acids is 2. The lowest BCUT2D eigenvalue weighted by Crippen LogP contribution is -2.41. The molecular weight excluding hydrogens is 330 g/mol. The van der Waals surface area contributed by atoms with Gasteiger partial charge in [-0.2, -0.15) is 0 Å². The normalized spacial score (nSPS) is 13.7. The molecule has 0 aromatic carbocycles. The molecule has 0 saturated heterocycles. The first-order chi connectivity index (χ1) is 8.88. The summed E-state index contributed by atoms with van der Waals surface area (Å²) in [4.78, 5) is 23.4. The van der Waals surface area contributed by atoms with Crippen LogP contribution in [0.3, 0.4) is 0 Å². The molecule has 106 valence electrons. The molecular formula is C13H18BrNO3S. The summed E-state index contributed by atoms with van der Waals surface area (Å²) in [5, 5.41) is 2.66. The largest absolute Gasteiger partial charge is 0.442 e. The Kier molecular flexibility index (Phi) is 6.51. The lowest BCUT2D eigenvalue weighted by atomic mass is 10.0. The zero-order valence-corrected chi connectivity index (χ0v) is 13.6. The number of amides is 1. The zero-order valence-electron chi connectivity index (χ0n) is 11.2. The van der Waals surface area contributed by atoms with Crippen LogP contribution in [-0.2, 0) is 20.7 Å². The van der Waals surface area contributed by atoms with Crippen molar-refractivity contribution in [3.63, 3.8) is 0 Å². The maximum Gasteiger partial charge on any atom is 0.304 e. The average Bonchev–Trinajstić information content (AvgIpc) is 2.70. The molecule has 4 nitrogen and oxygen atoms in total. The standard InChI is InChI=1S/C13H18BrNO3S/c1-8(4-5-11-6-7-12(14)19-11)13(15-9(2)16)18-10(3)17/h6-8,13H,4-5H2,1-3H3,(H,15,16). The zero-order chi connectivity index (χ0) is 14.4. The Morgan fingerprint density at radius 1 is 1.42 bits per heavy atom. The third kappa shape index (κ3) is 6.20. The van der Waals surface area contributed by atoms with Crippen LogP contribution < -0.4 is 5.32 Å². The SMILES string of the molecule is CC(=O)NC(OC(C)=O)C(C)CCc1ccc(Br)s1. The second kappa shape index (κ2) is 7.65. The molecule has 0 fully saturated rings. The van der Waals surface area contributed by atoms with E-state index >= 15 is 0 Å². The Bertz CT molecular complexity index is 431. The molecule has 2 unspecified atom stereocenters. The smallest absolute Gasteiger partial charge is 0.304 e. The monoisotopic (exact) mass is 347 g/mol. The fourth-order valence-corrected chi connectivity index (χ4v) is 3.17. The highest BCUT2D eigenvalue weighted by atomic mass is 79.9. The summed E-state index contributed by atoms with van der Waals surface area (Å²) in [6, 6.07) is 4.09. The van der Waals surface area contributed by atoms with Crippen molar-refractivity contribution in [1.29, 1.82) is 0 Å². The molecule has 0 aliphatic rings. The van der Waals surface area contributed by atoms with Gasteiger partial charge in [-0.05, 0) is 40.9 Å². The molecule has 1 heterocycles. The van der Waals surface area contributed by atoms with E-state index in [0.29, 0.717) is 0 Å². The van der Waals surface area contributed by atoms with E-state index in [9.17, 15) is 9.59 Å². The molecule has 0 bridgehead atoms. The third-order valence-electron chi connectivity index (χ3n) is 2.63. The van der Waals surface area contributed by atoms with E-state index in [1.54, 1.807) is 11.3 Å². The molecule has 0 aliphatic carbocycles. The van der Waals surface area contributed by atoms with Gasteiger partial charge < -0.3 is 10.1 Å². The summed E-state index contributed by atoms with van der Waals surface area (Å²) in [6.07, 6.45) is 1.18. The van der Waals surface area contributed by atoms with Gasteiger partial charge in [0.25, 0.3) is 0 Å². The molecule has 0 aliphatic heterocycles. The highest BCUT2D eigenvalue weighted by Crippen LogP contribution is 2.24. The minimum Gasteiger partial charge on any atom is -0.442 e. The van der Waals surface area contributed by atoms with E-state index in [0.717, 1.165) is 16.6 Å². The summed E-state index contributed by atoms with van der Waals surface area (Å²) in [5.41, 5.74) is 0. The van der Waals surface area contributed by atoms with E-state index in [1.165, 1.54) is 18.7 Å². The Morgan fingerprint density at radius 3 is 2.58 bits per heavy atom. The van der Waals surface area contributed by atoms with Crippen LogP contribution in [0.15, 0.2) is 15.9 Å². The molecule has 2 atom stereocenters. The Balaban J connectivity index is 2.52. The predicted octanol–water partition coefficient (Wildman–Crippen LogP) is 3.10. The first-order valence-electron chi connectivity index (χ1n) is 6.07. The van der Waals surface area contributed by atoms with E-state index in [2.05, 4.69) is 27.3 Å². The van der Waals surface area contributed by atoms with Gasteiger partial charge in [-0.25, -0.2) is 0 Å². The number of rotatable bonds is 6. The lowest BCUT2D eigenvalue weighted by Gasteiger charge is -2.23. The number of nitrogens with one attached hydrogen (secondary N) is 1. The number of ether oxygens (including phenoxy) is 1. The van der Waals surface area contributed by atoms with Crippen LogP contribution in [0.25, 0.3) is 0 Å². The third-order valence-corrected chi connectivity index (χ3v) is 4.31. The van der Waals surface area contributed by atoms with Crippen molar-refractivity contribution < 1.29 is 14.3 Å². The van der Waals surface area contributed by atoms with Crippen LogP contribution in [0.1, 0.15) is 32.1 Å².